The molecule has 1 atom stereocenters. The molecule has 7 nitrogen and oxygen atoms in total. The van der Waals surface area contributed by atoms with E-state index in [1.165, 1.54) is 0 Å². The van der Waals surface area contributed by atoms with E-state index < -0.39 is 5.60 Å². The number of aliphatic hydroxyl groups is 1. The maximum atomic E-state index is 10.6. The van der Waals surface area contributed by atoms with Crippen LogP contribution in [-0.4, -0.2) is 40.7 Å². The molecule has 0 aliphatic carbocycles. The lowest BCUT2D eigenvalue weighted by Gasteiger charge is -2.19. The molecule has 0 radical (unpaired) electrons. The fourth-order valence-electron chi connectivity index (χ4n) is 2.80. The number of aromatic nitrogens is 2. The van der Waals surface area contributed by atoms with Gasteiger partial charge >= 0.3 is 0 Å². The Morgan fingerprint density at radius 2 is 2.04 bits per heavy atom. The summed E-state index contributed by atoms with van der Waals surface area (Å²) in [6, 6.07) is 11.6. The SMILES string of the molecule is CCNC(=NCC(C)(O)c1ccc(C)o1)NCCc1nc2ccccc2[nH]1.I. The lowest BCUT2D eigenvalue weighted by molar-refractivity contribution is 0.0428. The molecule has 0 aliphatic rings. The van der Waals surface area contributed by atoms with Crippen LogP contribution in [0.4, 0.5) is 0 Å². The Hall–Kier alpha value is -2.07. The van der Waals surface area contributed by atoms with Crippen LogP contribution in [0.25, 0.3) is 11.0 Å². The zero-order valence-corrected chi connectivity index (χ0v) is 18.8. The number of fused-ring (bicyclic) bond motifs is 1. The van der Waals surface area contributed by atoms with E-state index in [0.717, 1.165) is 35.6 Å². The molecule has 152 valence electrons. The standard InChI is InChI=1S/C20H27N5O2.HI/c1-4-21-19(23-13-20(3,26)17-10-9-14(2)27-17)22-12-11-18-24-15-7-5-6-8-16(15)25-18;/h5-10,26H,4,11-13H2,1-3H3,(H,24,25)(H2,21,22,23);1H. The summed E-state index contributed by atoms with van der Waals surface area (Å²) in [7, 11) is 0. The highest BCUT2D eigenvalue weighted by Gasteiger charge is 2.26. The van der Waals surface area contributed by atoms with Crippen molar-refractivity contribution >= 4 is 41.0 Å². The number of furan rings is 1. The lowest BCUT2D eigenvalue weighted by atomic mass is 10.0. The molecule has 2 aromatic heterocycles. The number of hydrogen-bond acceptors (Lipinski definition) is 4. The molecule has 28 heavy (non-hydrogen) atoms. The van der Waals surface area contributed by atoms with Crippen LogP contribution < -0.4 is 10.6 Å². The van der Waals surface area contributed by atoms with Gasteiger partial charge < -0.3 is 25.1 Å². The third-order valence-corrected chi connectivity index (χ3v) is 4.25. The van der Waals surface area contributed by atoms with Crippen LogP contribution in [0.2, 0.25) is 0 Å². The number of halogens is 1. The minimum atomic E-state index is -1.16. The fourth-order valence-corrected chi connectivity index (χ4v) is 2.80. The minimum absolute atomic E-state index is 0. The van der Waals surface area contributed by atoms with E-state index >= 15 is 0 Å². The zero-order valence-electron chi connectivity index (χ0n) is 16.5. The molecule has 0 saturated carbocycles. The molecule has 0 spiro atoms. The van der Waals surface area contributed by atoms with Gasteiger partial charge in [-0.15, -0.1) is 24.0 Å². The van der Waals surface area contributed by atoms with Gasteiger partial charge in [0.1, 0.15) is 22.9 Å². The minimum Gasteiger partial charge on any atom is -0.463 e. The molecular weight excluding hydrogens is 469 g/mol. The summed E-state index contributed by atoms with van der Waals surface area (Å²) >= 11 is 0. The first-order chi connectivity index (χ1) is 13.0. The number of guanidine groups is 1. The Kier molecular flexibility index (Phi) is 7.88. The van der Waals surface area contributed by atoms with Crippen LogP contribution in [0.5, 0.6) is 0 Å². The monoisotopic (exact) mass is 497 g/mol. The van der Waals surface area contributed by atoms with Gasteiger partial charge in [0, 0.05) is 19.5 Å². The number of nitrogens with zero attached hydrogens (tertiary/aromatic N) is 2. The number of aromatic amines is 1. The third kappa shape index (κ3) is 5.71. The van der Waals surface area contributed by atoms with E-state index in [4.69, 9.17) is 4.42 Å². The Morgan fingerprint density at radius 1 is 1.25 bits per heavy atom. The number of aliphatic imine (C=N–C) groups is 1. The number of H-pyrrole nitrogens is 1. The molecule has 3 rings (SSSR count). The molecule has 0 saturated heterocycles. The maximum Gasteiger partial charge on any atom is 0.191 e. The van der Waals surface area contributed by atoms with Gasteiger partial charge in [0.25, 0.3) is 0 Å². The van der Waals surface area contributed by atoms with Gasteiger partial charge in [0.15, 0.2) is 5.96 Å². The van der Waals surface area contributed by atoms with Gasteiger partial charge in [0.05, 0.1) is 17.6 Å². The van der Waals surface area contributed by atoms with E-state index in [0.29, 0.717) is 18.3 Å². The Balaban J connectivity index is 0.00000280. The van der Waals surface area contributed by atoms with Crippen molar-refractivity contribution in [1.82, 2.24) is 20.6 Å². The third-order valence-electron chi connectivity index (χ3n) is 4.25. The largest absolute Gasteiger partial charge is 0.463 e. The predicted octanol–water partition coefficient (Wildman–Crippen LogP) is 3.09. The summed E-state index contributed by atoms with van der Waals surface area (Å²) < 4.78 is 5.54. The van der Waals surface area contributed by atoms with Crippen molar-refractivity contribution in [1.29, 1.82) is 0 Å². The topological polar surface area (TPSA) is 98.5 Å². The number of imidazole rings is 1. The van der Waals surface area contributed by atoms with E-state index in [9.17, 15) is 5.11 Å². The number of nitrogens with one attached hydrogen (secondary N) is 3. The van der Waals surface area contributed by atoms with Crippen molar-refractivity contribution in [3.05, 3.63) is 53.7 Å². The van der Waals surface area contributed by atoms with Gasteiger partial charge in [-0.1, -0.05) is 12.1 Å². The van der Waals surface area contributed by atoms with Gasteiger partial charge in [-0.3, -0.25) is 0 Å². The van der Waals surface area contributed by atoms with Crippen LogP contribution in [0, 0.1) is 6.92 Å². The van der Waals surface area contributed by atoms with Gasteiger partial charge in [-0.25, -0.2) is 9.98 Å². The quantitative estimate of drug-likeness (QED) is 0.229. The first-order valence-corrected chi connectivity index (χ1v) is 9.23. The van der Waals surface area contributed by atoms with E-state index in [1.807, 2.05) is 44.2 Å². The van der Waals surface area contributed by atoms with E-state index in [-0.39, 0.29) is 30.5 Å². The lowest BCUT2D eigenvalue weighted by Crippen LogP contribution is -2.39. The van der Waals surface area contributed by atoms with Gasteiger partial charge in [-0.2, -0.15) is 0 Å². The summed E-state index contributed by atoms with van der Waals surface area (Å²) in [4.78, 5) is 12.4. The zero-order chi connectivity index (χ0) is 19.3. The van der Waals surface area contributed by atoms with Gasteiger partial charge in [0.2, 0.25) is 0 Å². The molecule has 2 heterocycles. The predicted molar refractivity (Wildman–Crippen MR) is 122 cm³/mol. The molecule has 0 aliphatic heterocycles. The molecule has 8 heteroatoms. The highest BCUT2D eigenvalue weighted by atomic mass is 127. The molecule has 1 aromatic carbocycles. The number of rotatable bonds is 7. The Labute approximate surface area is 182 Å². The average molecular weight is 497 g/mol. The molecule has 0 bridgehead atoms. The summed E-state index contributed by atoms with van der Waals surface area (Å²) in [6.45, 7) is 7.16. The van der Waals surface area contributed by atoms with Crippen molar-refractivity contribution < 1.29 is 9.52 Å². The number of benzene rings is 1. The van der Waals surface area contributed by atoms with Crippen molar-refractivity contribution in [2.45, 2.75) is 32.8 Å². The molecule has 4 N–H and O–H groups in total. The van der Waals surface area contributed by atoms with Crippen LogP contribution in [0.15, 0.2) is 45.8 Å². The smallest absolute Gasteiger partial charge is 0.191 e. The van der Waals surface area contributed by atoms with Crippen LogP contribution in [0.1, 0.15) is 31.2 Å². The fraction of sp³-hybridized carbons (Fsp3) is 0.400. The second-order valence-electron chi connectivity index (χ2n) is 6.76. The van der Waals surface area contributed by atoms with Crippen LogP contribution in [-0.2, 0) is 12.0 Å². The van der Waals surface area contributed by atoms with E-state index in [2.05, 4.69) is 25.6 Å². The van der Waals surface area contributed by atoms with Crippen molar-refractivity contribution in [3.63, 3.8) is 0 Å². The average Bonchev–Trinajstić information content (AvgIpc) is 3.26. The maximum absolute atomic E-state index is 10.6. The first kappa shape index (κ1) is 22.2. The van der Waals surface area contributed by atoms with Crippen LogP contribution in [0.3, 0.4) is 0 Å². The Morgan fingerprint density at radius 3 is 2.71 bits per heavy atom. The molecular formula is C20H28IN5O2. The van der Waals surface area contributed by atoms with E-state index in [1.54, 1.807) is 13.0 Å². The molecule has 0 fully saturated rings. The van der Waals surface area contributed by atoms with Crippen LogP contribution >= 0.6 is 24.0 Å². The highest BCUT2D eigenvalue weighted by molar-refractivity contribution is 14.0. The Bertz CT molecular complexity index is 883. The number of aryl methyl sites for hydroxylation is 1. The summed E-state index contributed by atoms with van der Waals surface area (Å²) in [6.07, 6.45) is 0.743. The summed E-state index contributed by atoms with van der Waals surface area (Å²) in [5.41, 5.74) is 0.853. The van der Waals surface area contributed by atoms with Gasteiger partial charge in [-0.05, 0) is 45.0 Å². The van der Waals surface area contributed by atoms with Crippen molar-refractivity contribution in [3.8, 4) is 0 Å². The summed E-state index contributed by atoms with van der Waals surface area (Å²) in [5.74, 6) is 2.86. The van der Waals surface area contributed by atoms with Crippen molar-refractivity contribution in [2.75, 3.05) is 19.6 Å². The second kappa shape index (κ2) is 9.92. The normalized spacial score (nSPS) is 13.8. The molecule has 1 unspecified atom stereocenters. The number of hydrogen-bond donors (Lipinski definition) is 4. The van der Waals surface area contributed by atoms with Crippen molar-refractivity contribution in [2.24, 2.45) is 4.99 Å². The molecule has 3 aromatic rings. The number of para-hydroxylation sites is 2. The molecule has 0 amide bonds. The summed E-state index contributed by atoms with van der Waals surface area (Å²) in [5, 5.41) is 17.1. The second-order valence-corrected chi connectivity index (χ2v) is 6.76. The highest BCUT2D eigenvalue weighted by Crippen LogP contribution is 2.23. The first-order valence-electron chi connectivity index (χ1n) is 9.23.